The van der Waals surface area contributed by atoms with Gasteiger partial charge in [-0.05, 0) is 11.8 Å². The van der Waals surface area contributed by atoms with Crippen LogP contribution in [0.15, 0.2) is 0 Å². The van der Waals surface area contributed by atoms with Crippen LogP contribution in [0.2, 0.25) is 0 Å². The molecule has 0 spiro atoms. The molecule has 0 aromatic rings. The number of aldehydes is 1. The van der Waals surface area contributed by atoms with Gasteiger partial charge in [-0.3, -0.25) is 0 Å². The van der Waals surface area contributed by atoms with E-state index in [1.165, 1.54) is 0 Å². The molecule has 0 aromatic heterocycles. The van der Waals surface area contributed by atoms with Gasteiger partial charge in [0.1, 0.15) is 6.29 Å². The van der Waals surface area contributed by atoms with Crippen LogP contribution in [-0.2, 0) is 9.53 Å². The van der Waals surface area contributed by atoms with E-state index in [9.17, 15) is 4.79 Å². The molecule has 0 N–H and O–H groups in total. The summed E-state index contributed by atoms with van der Waals surface area (Å²) in [6.45, 7) is 6.56. The first kappa shape index (κ1) is 11.6. The smallest absolute Gasteiger partial charge is 0.122 e. The van der Waals surface area contributed by atoms with E-state index in [4.69, 9.17) is 4.74 Å². The number of ether oxygens (including phenoxy) is 1. The van der Waals surface area contributed by atoms with Crippen LogP contribution in [0.1, 0.15) is 40.0 Å². The van der Waals surface area contributed by atoms with E-state index < -0.39 is 0 Å². The SMILES string of the molecule is CCC(C)(C)CC(CC=O)OC. The van der Waals surface area contributed by atoms with Crippen molar-refractivity contribution in [2.45, 2.75) is 46.1 Å². The average Bonchev–Trinajstić information content (AvgIpc) is 2.03. The molecule has 0 radical (unpaired) electrons. The summed E-state index contributed by atoms with van der Waals surface area (Å²) in [5.74, 6) is 0. The fourth-order valence-electron chi connectivity index (χ4n) is 1.13. The van der Waals surface area contributed by atoms with E-state index in [1.807, 2.05) is 0 Å². The molecule has 0 amide bonds. The molecule has 0 aliphatic heterocycles. The Bertz CT molecular complexity index is 130. The maximum Gasteiger partial charge on any atom is 0.122 e. The highest BCUT2D eigenvalue weighted by atomic mass is 16.5. The Balaban J connectivity index is 3.91. The third-order valence-corrected chi connectivity index (χ3v) is 2.43. The second-order valence-electron chi connectivity index (χ2n) is 3.98. The Kier molecular flexibility index (Phi) is 5.14. The van der Waals surface area contributed by atoms with Gasteiger partial charge < -0.3 is 9.53 Å². The Morgan fingerprint density at radius 1 is 1.50 bits per heavy atom. The largest absolute Gasteiger partial charge is 0.381 e. The number of hydrogen-bond acceptors (Lipinski definition) is 2. The minimum atomic E-state index is 0.0949. The third kappa shape index (κ3) is 4.50. The minimum Gasteiger partial charge on any atom is -0.381 e. The number of carbonyl (C=O) groups excluding carboxylic acids is 1. The summed E-state index contributed by atoms with van der Waals surface area (Å²) < 4.78 is 5.20. The van der Waals surface area contributed by atoms with Gasteiger partial charge in [0.05, 0.1) is 6.10 Å². The van der Waals surface area contributed by atoms with Gasteiger partial charge in [-0.25, -0.2) is 0 Å². The molecule has 0 rings (SSSR count). The quantitative estimate of drug-likeness (QED) is 0.575. The molecule has 2 nitrogen and oxygen atoms in total. The topological polar surface area (TPSA) is 26.3 Å². The van der Waals surface area contributed by atoms with Crippen molar-refractivity contribution in [2.75, 3.05) is 7.11 Å². The highest BCUT2D eigenvalue weighted by Gasteiger charge is 2.20. The molecule has 12 heavy (non-hydrogen) atoms. The molecule has 0 bridgehead atoms. The molecule has 0 saturated carbocycles. The molecule has 1 atom stereocenters. The third-order valence-electron chi connectivity index (χ3n) is 2.43. The second kappa shape index (κ2) is 5.31. The summed E-state index contributed by atoms with van der Waals surface area (Å²) in [6.07, 6.45) is 3.61. The van der Waals surface area contributed by atoms with Crippen LogP contribution >= 0.6 is 0 Å². The highest BCUT2D eigenvalue weighted by molar-refractivity contribution is 5.50. The first-order chi connectivity index (χ1) is 5.55. The number of methoxy groups -OCH3 is 1. The maximum absolute atomic E-state index is 10.3. The van der Waals surface area contributed by atoms with Gasteiger partial charge in [-0.15, -0.1) is 0 Å². The van der Waals surface area contributed by atoms with Gasteiger partial charge in [0.2, 0.25) is 0 Å². The average molecular weight is 172 g/mol. The van der Waals surface area contributed by atoms with Crippen LogP contribution in [0.3, 0.4) is 0 Å². The molecule has 0 saturated heterocycles. The summed E-state index contributed by atoms with van der Waals surface area (Å²) >= 11 is 0. The Labute approximate surface area is 75.3 Å². The van der Waals surface area contributed by atoms with Gasteiger partial charge >= 0.3 is 0 Å². The molecule has 2 heteroatoms. The lowest BCUT2D eigenvalue weighted by molar-refractivity contribution is -0.110. The predicted molar refractivity (Wildman–Crippen MR) is 50.2 cm³/mol. The number of hydrogen-bond donors (Lipinski definition) is 0. The van der Waals surface area contributed by atoms with E-state index in [0.29, 0.717) is 6.42 Å². The van der Waals surface area contributed by atoms with Crippen LogP contribution < -0.4 is 0 Å². The van der Waals surface area contributed by atoms with Crippen molar-refractivity contribution in [3.63, 3.8) is 0 Å². The fraction of sp³-hybridized carbons (Fsp3) is 0.900. The van der Waals surface area contributed by atoms with Gasteiger partial charge in [-0.1, -0.05) is 27.2 Å². The van der Waals surface area contributed by atoms with E-state index in [0.717, 1.165) is 19.1 Å². The molecule has 0 fully saturated rings. The lowest BCUT2D eigenvalue weighted by Gasteiger charge is -2.26. The Morgan fingerprint density at radius 3 is 2.42 bits per heavy atom. The summed E-state index contributed by atoms with van der Waals surface area (Å²) in [5, 5.41) is 0. The zero-order valence-electron chi connectivity index (χ0n) is 8.59. The zero-order valence-corrected chi connectivity index (χ0v) is 8.59. The lowest BCUT2D eigenvalue weighted by atomic mass is 9.83. The molecule has 0 aromatic carbocycles. The van der Waals surface area contributed by atoms with E-state index >= 15 is 0 Å². The van der Waals surface area contributed by atoms with Gasteiger partial charge in [0, 0.05) is 13.5 Å². The molecule has 0 heterocycles. The van der Waals surface area contributed by atoms with Crippen molar-refractivity contribution in [3.8, 4) is 0 Å². The first-order valence-corrected chi connectivity index (χ1v) is 4.52. The Hall–Kier alpha value is -0.370. The minimum absolute atomic E-state index is 0.0949. The van der Waals surface area contributed by atoms with Crippen LogP contribution in [-0.4, -0.2) is 19.5 Å². The predicted octanol–water partition coefficient (Wildman–Crippen LogP) is 2.42. The van der Waals surface area contributed by atoms with Crippen LogP contribution in [0.25, 0.3) is 0 Å². The van der Waals surface area contributed by atoms with E-state index in [-0.39, 0.29) is 11.5 Å². The van der Waals surface area contributed by atoms with Crippen molar-refractivity contribution in [3.05, 3.63) is 0 Å². The number of rotatable bonds is 6. The molecule has 0 aliphatic carbocycles. The van der Waals surface area contributed by atoms with Gasteiger partial charge in [0.15, 0.2) is 0 Å². The lowest BCUT2D eigenvalue weighted by Crippen LogP contribution is -2.22. The molecule has 1 unspecified atom stereocenters. The van der Waals surface area contributed by atoms with Crippen molar-refractivity contribution < 1.29 is 9.53 Å². The highest BCUT2D eigenvalue weighted by Crippen LogP contribution is 2.27. The molecular formula is C10H20O2. The molecule has 0 aliphatic rings. The standard InChI is InChI=1S/C10H20O2/c1-5-10(2,3)8-9(12-4)6-7-11/h7,9H,5-6,8H2,1-4H3. The van der Waals surface area contributed by atoms with Crippen molar-refractivity contribution >= 4 is 6.29 Å². The normalized spacial score (nSPS) is 14.3. The second-order valence-corrected chi connectivity index (χ2v) is 3.98. The maximum atomic E-state index is 10.3. The molecule has 72 valence electrons. The summed E-state index contributed by atoms with van der Waals surface area (Å²) in [7, 11) is 1.67. The van der Waals surface area contributed by atoms with Crippen LogP contribution in [0.5, 0.6) is 0 Å². The van der Waals surface area contributed by atoms with Crippen LogP contribution in [0.4, 0.5) is 0 Å². The van der Waals surface area contributed by atoms with E-state index in [2.05, 4.69) is 20.8 Å². The summed E-state index contributed by atoms with van der Waals surface area (Å²) in [6, 6.07) is 0. The zero-order chi connectivity index (χ0) is 9.61. The van der Waals surface area contributed by atoms with Crippen LogP contribution in [0, 0.1) is 5.41 Å². The van der Waals surface area contributed by atoms with Crippen molar-refractivity contribution in [2.24, 2.45) is 5.41 Å². The Morgan fingerprint density at radius 2 is 2.08 bits per heavy atom. The molecular weight excluding hydrogens is 152 g/mol. The summed E-state index contributed by atoms with van der Waals surface area (Å²) in [5.41, 5.74) is 0.281. The summed E-state index contributed by atoms with van der Waals surface area (Å²) in [4.78, 5) is 10.3. The van der Waals surface area contributed by atoms with Gasteiger partial charge in [0.25, 0.3) is 0 Å². The number of carbonyl (C=O) groups is 1. The van der Waals surface area contributed by atoms with Crippen molar-refractivity contribution in [1.29, 1.82) is 0 Å². The first-order valence-electron chi connectivity index (χ1n) is 4.52. The van der Waals surface area contributed by atoms with Gasteiger partial charge in [-0.2, -0.15) is 0 Å². The fourth-order valence-corrected chi connectivity index (χ4v) is 1.13. The van der Waals surface area contributed by atoms with Crippen molar-refractivity contribution in [1.82, 2.24) is 0 Å². The van der Waals surface area contributed by atoms with E-state index in [1.54, 1.807) is 7.11 Å². The monoisotopic (exact) mass is 172 g/mol.